The maximum atomic E-state index is 12.0. The van der Waals surface area contributed by atoms with Gasteiger partial charge in [-0.3, -0.25) is 4.79 Å². The molecule has 7 nitrogen and oxygen atoms in total. The van der Waals surface area contributed by atoms with Crippen molar-refractivity contribution in [1.29, 1.82) is 0 Å². The lowest BCUT2D eigenvalue weighted by atomic mass is 9.96. The highest BCUT2D eigenvalue weighted by atomic mass is 16.5. The molecule has 0 saturated carbocycles. The van der Waals surface area contributed by atoms with Crippen LogP contribution in [0.25, 0.3) is 6.08 Å². The lowest BCUT2D eigenvalue weighted by Crippen LogP contribution is -2.53. The molecule has 132 valence electrons. The van der Waals surface area contributed by atoms with Gasteiger partial charge in [-0.1, -0.05) is 12.1 Å². The van der Waals surface area contributed by atoms with Crippen molar-refractivity contribution in [2.45, 2.75) is 30.8 Å². The standard InChI is InChI=1S/C17H22O7/c1-22-13-6-4-10(7-14(13)23-2)3-5-11(18)8-15-17(21)16(20)12(19)9-24-15/h3-7,12,15-17,19-21H,8-9H2,1-2H3/b5-3+/t12-,15?,16+,17+/m1/s1. The number of benzene rings is 1. The van der Waals surface area contributed by atoms with Crippen molar-refractivity contribution < 1.29 is 34.3 Å². The van der Waals surface area contributed by atoms with Crippen molar-refractivity contribution >= 4 is 11.9 Å². The number of methoxy groups -OCH3 is 2. The van der Waals surface area contributed by atoms with Crippen molar-refractivity contribution in [2.24, 2.45) is 0 Å². The number of hydrogen-bond donors (Lipinski definition) is 3. The van der Waals surface area contributed by atoms with Gasteiger partial charge in [0.2, 0.25) is 0 Å². The SMILES string of the molecule is COc1ccc(/C=C/C(=O)CC2OC[C@@H](O)[C@H](O)[C@H]2O)cc1OC. The predicted molar refractivity (Wildman–Crippen MR) is 86.0 cm³/mol. The lowest BCUT2D eigenvalue weighted by molar-refractivity contribution is -0.188. The molecule has 2 rings (SSSR count). The van der Waals surface area contributed by atoms with Gasteiger partial charge in [0.05, 0.1) is 26.9 Å². The van der Waals surface area contributed by atoms with Crippen LogP contribution in [-0.2, 0) is 9.53 Å². The number of aliphatic hydroxyl groups is 3. The van der Waals surface area contributed by atoms with E-state index in [1.165, 1.54) is 20.3 Å². The molecule has 0 radical (unpaired) electrons. The maximum Gasteiger partial charge on any atom is 0.161 e. The lowest BCUT2D eigenvalue weighted by Gasteiger charge is -2.34. The van der Waals surface area contributed by atoms with Crippen LogP contribution in [-0.4, -0.2) is 66.3 Å². The Morgan fingerprint density at radius 1 is 1.21 bits per heavy atom. The average Bonchev–Trinajstić information content (AvgIpc) is 2.60. The highest BCUT2D eigenvalue weighted by molar-refractivity contribution is 5.94. The summed E-state index contributed by atoms with van der Waals surface area (Å²) >= 11 is 0. The van der Waals surface area contributed by atoms with Crippen LogP contribution >= 0.6 is 0 Å². The Morgan fingerprint density at radius 3 is 2.58 bits per heavy atom. The van der Waals surface area contributed by atoms with Crippen LogP contribution in [0, 0.1) is 0 Å². The van der Waals surface area contributed by atoms with Crippen LogP contribution in [0.2, 0.25) is 0 Å². The first kappa shape index (κ1) is 18.4. The van der Waals surface area contributed by atoms with Crippen LogP contribution in [0.15, 0.2) is 24.3 Å². The highest BCUT2D eigenvalue weighted by Gasteiger charge is 2.37. The van der Waals surface area contributed by atoms with Gasteiger partial charge >= 0.3 is 0 Å². The van der Waals surface area contributed by atoms with Crippen molar-refractivity contribution in [3.05, 3.63) is 29.8 Å². The molecular weight excluding hydrogens is 316 g/mol. The van der Waals surface area contributed by atoms with E-state index in [0.29, 0.717) is 11.5 Å². The maximum absolute atomic E-state index is 12.0. The molecule has 1 aliphatic heterocycles. The molecule has 1 unspecified atom stereocenters. The topological polar surface area (TPSA) is 105 Å². The Morgan fingerprint density at radius 2 is 1.92 bits per heavy atom. The zero-order valence-electron chi connectivity index (χ0n) is 13.6. The van der Waals surface area contributed by atoms with Crippen LogP contribution in [0.3, 0.4) is 0 Å². The highest BCUT2D eigenvalue weighted by Crippen LogP contribution is 2.28. The first-order chi connectivity index (χ1) is 11.5. The minimum Gasteiger partial charge on any atom is -0.493 e. The molecule has 0 amide bonds. The van der Waals surface area contributed by atoms with Gasteiger partial charge < -0.3 is 29.5 Å². The molecule has 1 aromatic rings. The van der Waals surface area contributed by atoms with Gasteiger partial charge in [-0.25, -0.2) is 0 Å². The number of carbonyl (C=O) groups is 1. The second kappa shape index (κ2) is 8.25. The number of aliphatic hydroxyl groups excluding tert-OH is 3. The fourth-order valence-corrected chi connectivity index (χ4v) is 2.46. The number of ketones is 1. The summed E-state index contributed by atoms with van der Waals surface area (Å²) in [7, 11) is 3.07. The molecule has 1 fully saturated rings. The molecule has 7 heteroatoms. The molecule has 0 aliphatic carbocycles. The number of rotatable bonds is 6. The van der Waals surface area contributed by atoms with Gasteiger partial charge in [0.25, 0.3) is 0 Å². The molecule has 1 heterocycles. The summed E-state index contributed by atoms with van der Waals surface area (Å²) in [6, 6.07) is 5.24. The van der Waals surface area contributed by atoms with Crippen LogP contribution < -0.4 is 9.47 Å². The van der Waals surface area contributed by atoms with Crippen LogP contribution in [0.4, 0.5) is 0 Å². The van der Waals surface area contributed by atoms with Crippen LogP contribution in [0.5, 0.6) is 11.5 Å². The van der Waals surface area contributed by atoms with E-state index in [4.69, 9.17) is 14.2 Å². The monoisotopic (exact) mass is 338 g/mol. The first-order valence-corrected chi connectivity index (χ1v) is 7.55. The Labute approximate surface area is 140 Å². The summed E-state index contributed by atoms with van der Waals surface area (Å²) in [4.78, 5) is 12.0. The average molecular weight is 338 g/mol. The van der Waals surface area contributed by atoms with Gasteiger partial charge in [-0.05, 0) is 23.8 Å². The fraction of sp³-hybridized carbons (Fsp3) is 0.471. The molecule has 0 aromatic heterocycles. The summed E-state index contributed by atoms with van der Waals surface area (Å²) in [5, 5.41) is 28.8. The van der Waals surface area contributed by atoms with Gasteiger partial charge in [-0.2, -0.15) is 0 Å². The summed E-state index contributed by atoms with van der Waals surface area (Å²) in [6.07, 6.45) is -1.70. The second-order valence-electron chi connectivity index (χ2n) is 5.54. The third-order valence-corrected chi connectivity index (χ3v) is 3.88. The molecule has 0 spiro atoms. The Bertz CT molecular complexity index is 599. The van der Waals surface area contributed by atoms with E-state index in [-0.39, 0.29) is 18.8 Å². The van der Waals surface area contributed by atoms with E-state index in [9.17, 15) is 20.1 Å². The fourth-order valence-electron chi connectivity index (χ4n) is 2.46. The van der Waals surface area contributed by atoms with Crippen LogP contribution in [0.1, 0.15) is 12.0 Å². The van der Waals surface area contributed by atoms with E-state index in [1.807, 2.05) is 0 Å². The third kappa shape index (κ3) is 4.33. The second-order valence-corrected chi connectivity index (χ2v) is 5.54. The molecule has 24 heavy (non-hydrogen) atoms. The van der Waals surface area contributed by atoms with Gasteiger partial charge in [0.1, 0.15) is 18.3 Å². The molecule has 1 aliphatic rings. The molecule has 4 atom stereocenters. The first-order valence-electron chi connectivity index (χ1n) is 7.55. The smallest absolute Gasteiger partial charge is 0.161 e. The summed E-state index contributed by atoms with van der Waals surface area (Å²) in [5.41, 5.74) is 0.751. The zero-order chi connectivity index (χ0) is 17.7. The Kier molecular flexibility index (Phi) is 6.33. The number of allylic oxidation sites excluding steroid dienone is 1. The number of ether oxygens (including phenoxy) is 3. The van der Waals surface area contributed by atoms with E-state index in [0.717, 1.165) is 5.56 Å². The van der Waals surface area contributed by atoms with E-state index in [2.05, 4.69) is 0 Å². The number of carbonyl (C=O) groups excluding carboxylic acids is 1. The van der Waals surface area contributed by atoms with Gasteiger partial charge in [-0.15, -0.1) is 0 Å². The summed E-state index contributed by atoms with van der Waals surface area (Å²) in [5.74, 6) is 0.875. The van der Waals surface area contributed by atoms with Crippen molar-refractivity contribution in [2.75, 3.05) is 20.8 Å². The molecule has 0 bridgehead atoms. The summed E-state index contributed by atoms with van der Waals surface area (Å²) < 4.78 is 15.5. The van der Waals surface area contributed by atoms with E-state index < -0.39 is 24.4 Å². The summed E-state index contributed by atoms with van der Waals surface area (Å²) in [6.45, 7) is -0.116. The van der Waals surface area contributed by atoms with E-state index >= 15 is 0 Å². The van der Waals surface area contributed by atoms with E-state index in [1.54, 1.807) is 24.3 Å². The number of hydrogen-bond acceptors (Lipinski definition) is 7. The van der Waals surface area contributed by atoms with Gasteiger partial charge in [0, 0.05) is 6.42 Å². The van der Waals surface area contributed by atoms with Crippen molar-refractivity contribution in [1.82, 2.24) is 0 Å². The minimum absolute atomic E-state index is 0.0886. The minimum atomic E-state index is -1.31. The largest absolute Gasteiger partial charge is 0.493 e. The Balaban J connectivity index is 1.98. The molecular formula is C17H22O7. The predicted octanol–water partition coefficient (Wildman–Crippen LogP) is 0.158. The zero-order valence-corrected chi connectivity index (χ0v) is 13.6. The van der Waals surface area contributed by atoms with Crippen molar-refractivity contribution in [3.63, 3.8) is 0 Å². The Hall–Kier alpha value is -1.93. The van der Waals surface area contributed by atoms with Gasteiger partial charge in [0.15, 0.2) is 17.3 Å². The molecule has 1 saturated heterocycles. The molecule has 1 aromatic carbocycles. The third-order valence-electron chi connectivity index (χ3n) is 3.88. The quantitative estimate of drug-likeness (QED) is 0.634. The molecule has 3 N–H and O–H groups in total. The normalized spacial score (nSPS) is 27.2. The van der Waals surface area contributed by atoms with Crippen molar-refractivity contribution in [3.8, 4) is 11.5 Å².